The third kappa shape index (κ3) is 14.0. The Balaban J connectivity index is 0.00000506. The van der Waals surface area contributed by atoms with Crippen LogP contribution in [0, 0.1) is 17.8 Å². The predicted octanol–water partition coefficient (Wildman–Crippen LogP) is 2.69. The molecule has 17 heteroatoms. The molecule has 0 spiro atoms. The SMILES string of the molecule is Cl.Cl.O=C(CNC(=O)C(CCC1CCNCC1)CCC1CCNCC1)NCC(NS(=O)(=O)c1cccc(C(F)(F)F)c1)C(=O)O. The summed E-state index contributed by atoms with van der Waals surface area (Å²) >= 11 is 0. The molecule has 1 unspecified atom stereocenters. The van der Waals surface area contributed by atoms with Gasteiger partial charge in [-0.25, -0.2) is 8.42 Å². The zero-order valence-electron chi connectivity index (χ0n) is 24.9. The summed E-state index contributed by atoms with van der Waals surface area (Å²) in [4.78, 5) is 36.5. The Hall–Kier alpha value is -2.17. The number of hydrogen-bond acceptors (Lipinski definition) is 7. The van der Waals surface area contributed by atoms with Crippen LogP contribution in [0.1, 0.15) is 56.9 Å². The van der Waals surface area contributed by atoms with Gasteiger partial charge in [-0.05, 0) is 108 Å². The Morgan fingerprint density at radius 1 is 0.911 bits per heavy atom. The molecule has 6 N–H and O–H groups in total. The fraction of sp³-hybridized carbons (Fsp3) is 0.679. The van der Waals surface area contributed by atoms with E-state index in [2.05, 4.69) is 21.3 Å². The summed E-state index contributed by atoms with van der Waals surface area (Å²) in [5.41, 5.74) is -1.21. The van der Waals surface area contributed by atoms with Crippen molar-refractivity contribution in [1.29, 1.82) is 0 Å². The lowest BCUT2D eigenvalue weighted by Gasteiger charge is -2.27. The van der Waals surface area contributed by atoms with Gasteiger partial charge in [0, 0.05) is 12.5 Å². The quantitative estimate of drug-likeness (QED) is 0.162. The maximum Gasteiger partial charge on any atom is 0.416 e. The van der Waals surface area contributed by atoms with Crippen molar-refractivity contribution in [2.24, 2.45) is 17.8 Å². The molecule has 0 saturated carbocycles. The first kappa shape index (κ1) is 40.9. The van der Waals surface area contributed by atoms with Crippen molar-refractivity contribution >= 4 is 52.6 Å². The number of carboxylic acids is 1. The number of carbonyl (C=O) groups excluding carboxylic acids is 2. The number of carbonyl (C=O) groups is 3. The molecule has 1 aromatic carbocycles. The molecule has 1 aromatic rings. The molecule has 3 rings (SSSR count). The summed E-state index contributed by atoms with van der Waals surface area (Å²) < 4.78 is 66.0. The highest BCUT2D eigenvalue weighted by molar-refractivity contribution is 7.89. The summed E-state index contributed by atoms with van der Waals surface area (Å²) in [6.07, 6.45) is 2.72. The highest BCUT2D eigenvalue weighted by Crippen LogP contribution is 2.30. The first-order valence-electron chi connectivity index (χ1n) is 14.7. The number of benzene rings is 1. The number of piperidine rings is 2. The summed E-state index contributed by atoms with van der Waals surface area (Å²) in [5, 5.41) is 21.1. The summed E-state index contributed by atoms with van der Waals surface area (Å²) in [6, 6.07) is 1.01. The molecule has 11 nitrogen and oxygen atoms in total. The number of amides is 2. The van der Waals surface area contributed by atoms with Gasteiger partial charge >= 0.3 is 12.1 Å². The van der Waals surface area contributed by atoms with Gasteiger partial charge in [0.1, 0.15) is 6.04 Å². The molecule has 2 saturated heterocycles. The summed E-state index contributed by atoms with van der Waals surface area (Å²) in [5.74, 6) is -1.79. The minimum absolute atomic E-state index is 0. The van der Waals surface area contributed by atoms with Gasteiger partial charge in [0.05, 0.1) is 17.0 Å². The Bertz CT molecular complexity index is 1180. The first-order valence-corrected chi connectivity index (χ1v) is 16.2. The molecule has 45 heavy (non-hydrogen) atoms. The average molecular weight is 707 g/mol. The Kier molecular flexibility index (Phi) is 17.7. The van der Waals surface area contributed by atoms with Crippen LogP contribution < -0.4 is 26.0 Å². The molecule has 2 heterocycles. The van der Waals surface area contributed by atoms with E-state index in [9.17, 15) is 41.1 Å². The normalized spacial score (nSPS) is 17.1. The number of hydrogen-bond donors (Lipinski definition) is 6. The maximum atomic E-state index is 13.1. The zero-order chi connectivity index (χ0) is 31.5. The van der Waals surface area contributed by atoms with Gasteiger partial charge in [-0.1, -0.05) is 6.07 Å². The minimum Gasteiger partial charge on any atom is -0.480 e. The standard InChI is InChI=1S/C28H42F3N5O6S.2ClH/c29-28(30,31)22-2-1-3-23(16-22)43(41,42)36-24(27(39)40)17-34-25(37)18-35-26(38)21(6-4-19-8-12-32-13-9-19)7-5-20-10-14-33-15-11-20;;/h1-3,16,19-21,24,32-33,36H,4-15,17-18H2,(H,34,37)(H,35,38)(H,39,40);2*1H. The Morgan fingerprint density at radius 2 is 1.44 bits per heavy atom. The van der Waals surface area contributed by atoms with Gasteiger partial charge < -0.3 is 26.4 Å². The van der Waals surface area contributed by atoms with Crippen LogP contribution in [0.3, 0.4) is 0 Å². The van der Waals surface area contributed by atoms with E-state index in [1.54, 1.807) is 0 Å². The van der Waals surface area contributed by atoms with Crippen molar-refractivity contribution in [3.8, 4) is 0 Å². The van der Waals surface area contributed by atoms with Crippen LogP contribution in [-0.4, -0.2) is 76.6 Å². The summed E-state index contributed by atoms with van der Waals surface area (Å²) in [7, 11) is -4.66. The highest BCUT2D eigenvalue weighted by Gasteiger charge is 2.33. The molecular weight excluding hydrogens is 662 g/mol. The largest absolute Gasteiger partial charge is 0.480 e. The third-order valence-electron chi connectivity index (χ3n) is 8.13. The zero-order valence-corrected chi connectivity index (χ0v) is 27.3. The topological polar surface area (TPSA) is 166 Å². The highest BCUT2D eigenvalue weighted by atomic mass is 35.5. The van der Waals surface area contributed by atoms with E-state index in [0.717, 1.165) is 76.8 Å². The molecule has 2 aliphatic rings. The smallest absolute Gasteiger partial charge is 0.416 e. The van der Waals surface area contributed by atoms with Crippen LogP contribution in [0.5, 0.6) is 0 Å². The number of rotatable bonds is 15. The first-order chi connectivity index (χ1) is 20.3. The minimum atomic E-state index is -4.80. The fourth-order valence-electron chi connectivity index (χ4n) is 5.49. The summed E-state index contributed by atoms with van der Waals surface area (Å²) in [6.45, 7) is 2.74. The molecule has 0 bridgehead atoms. The van der Waals surface area contributed by atoms with E-state index < -0.39 is 57.7 Å². The molecule has 258 valence electrons. The number of alkyl halides is 3. The van der Waals surface area contributed by atoms with E-state index in [-0.39, 0.29) is 36.6 Å². The van der Waals surface area contributed by atoms with E-state index in [4.69, 9.17) is 0 Å². The van der Waals surface area contributed by atoms with Crippen LogP contribution in [-0.2, 0) is 30.6 Å². The van der Waals surface area contributed by atoms with Gasteiger partial charge in [-0.2, -0.15) is 17.9 Å². The Morgan fingerprint density at radius 3 is 1.93 bits per heavy atom. The van der Waals surface area contributed by atoms with E-state index >= 15 is 0 Å². The number of nitrogens with one attached hydrogen (secondary N) is 5. The molecule has 0 aromatic heterocycles. The van der Waals surface area contributed by atoms with Crippen molar-refractivity contribution in [2.45, 2.75) is 68.5 Å². The molecule has 2 amide bonds. The number of aliphatic carboxylic acids is 1. The maximum absolute atomic E-state index is 13.1. The lowest BCUT2D eigenvalue weighted by atomic mass is 9.84. The third-order valence-corrected chi connectivity index (χ3v) is 9.60. The van der Waals surface area contributed by atoms with E-state index in [0.29, 0.717) is 36.8 Å². The molecule has 2 aliphatic heterocycles. The van der Waals surface area contributed by atoms with Crippen LogP contribution in [0.25, 0.3) is 0 Å². The molecule has 0 radical (unpaired) electrons. The lowest BCUT2D eigenvalue weighted by molar-refractivity contribution is -0.139. The van der Waals surface area contributed by atoms with Crippen molar-refractivity contribution in [2.75, 3.05) is 39.3 Å². The number of carboxylic acid groups (broad SMARTS) is 1. The van der Waals surface area contributed by atoms with Crippen LogP contribution in [0.15, 0.2) is 29.2 Å². The molecule has 0 aliphatic carbocycles. The van der Waals surface area contributed by atoms with Gasteiger partial charge in [-0.3, -0.25) is 14.4 Å². The van der Waals surface area contributed by atoms with Crippen LogP contribution >= 0.6 is 24.8 Å². The average Bonchev–Trinajstić information content (AvgIpc) is 2.98. The van der Waals surface area contributed by atoms with E-state index in [1.807, 2.05) is 4.72 Å². The second-order valence-electron chi connectivity index (χ2n) is 11.3. The van der Waals surface area contributed by atoms with Crippen molar-refractivity contribution in [3.63, 3.8) is 0 Å². The lowest BCUT2D eigenvalue weighted by Crippen LogP contribution is -2.50. The second-order valence-corrected chi connectivity index (χ2v) is 13.0. The molecule has 2 fully saturated rings. The van der Waals surface area contributed by atoms with Crippen molar-refractivity contribution < 1.29 is 41.1 Å². The fourth-order valence-corrected chi connectivity index (χ4v) is 6.72. The van der Waals surface area contributed by atoms with Gasteiger partial charge in [-0.15, -0.1) is 24.8 Å². The van der Waals surface area contributed by atoms with E-state index in [1.165, 1.54) is 0 Å². The van der Waals surface area contributed by atoms with Crippen LogP contribution in [0.2, 0.25) is 0 Å². The van der Waals surface area contributed by atoms with Gasteiger partial charge in [0.2, 0.25) is 21.8 Å². The molecular formula is C28H44Cl2F3N5O6S. The number of halogens is 5. The number of sulfonamides is 1. The van der Waals surface area contributed by atoms with Crippen molar-refractivity contribution in [1.82, 2.24) is 26.0 Å². The van der Waals surface area contributed by atoms with Gasteiger partial charge in [0.25, 0.3) is 0 Å². The van der Waals surface area contributed by atoms with Gasteiger partial charge in [0.15, 0.2) is 0 Å². The monoisotopic (exact) mass is 705 g/mol. The van der Waals surface area contributed by atoms with Crippen molar-refractivity contribution in [3.05, 3.63) is 29.8 Å². The Labute approximate surface area is 274 Å². The predicted molar refractivity (Wildman–Crippen MR) is 167 cm³/mol. The molecule has 1 atom stereocenters. The van der Waals surface area contributed by atoms with Crippen LogP contribution in [0.4, 0.5) is 13.2 Å². The second kappa shape index (κ2) is 19.5.